The first-order valence-electron chi connectivity index (χ1n) is 6.21. The summed E-state index contributed by atoms with van der Waals surface area (Å²) in [5.74, 6) is -0.280. The van der Waals surface area contributed by atoms with E-state index in [0.717, 1.165) is 22.3 Å². The maximum Gasteiger partial charge on any atom is 0.220 e. The summed E-state index contributed by atoms with van der Waals surface area (Å²) < 4.78 is 5.36. The molecule has 1 heterocycles. The lowest BCUT2D eigenvalue weighted by molar-refractivity contribution is 0.0785. The molecule has 1 aromatic rings. The Morgan fingerprint density at radius 3 is 1.44 bits per heavy atom. The van der Waals surface area contributed by atoms with Crippen LogP contribution in [0, 0.1) is 27.7 Å². The average Bonchev–Trinajstić information content (AvgIpc) is 2.96. The number of hydrogen-bond acceptors (Lipinski definition) is 3. The van der Waals surface area contributed by atoms with Gasteiger partial charge in [-0.3, -0.25) is 9.59 Å². The van der Waals surface area contributed by atoms with Crippen molar-refractivity contribution < 1.29 is 14.3 Å². The number of hydrogen-bond donors (Lipinski definition) is 0. The molecule has 1 aliphatic heterocycles. The fraction of sp³-hybridized carbons (Fsp3) is 0.467. The van der Waals surface area contributed by atoms with Crippen molar-refractivity contribution in [2.75, 3.05) is 0 Å². The lowest BCUT2D eigenvalue weighted by Gasteiger charge is -2.13. The fourth-order valence-electron chi connectivity index (χ4n) is 3.08. The van der Waals surface area contributed by atoms with Crippen LogP contribution in [0.25, 0.3) is 0 Å². The first-order chi connectivity index (χ1) is 8.34. The highest BCUT2D eigenvalue weighted by Crippen LogP contribution is 2.49. The molecule has 0 aromatic heterocycles. The number of fused-ring (bicyclic) bond motifs is 1. The molecule has 94 valence electrons. The molecule has 1 fully saturated rings. The SMILES string of the molecule is Cc1c(C)c(C)c2c(c1C)C(=O)C1(OC1C)C2=O. The molecule has 1 atom stereocenters. The van der Waals surface area contributed by atoms with Crippen LogP contribution in [0.15, 0.2) is 0 Å². The zero-order valence-electron chi connectivity index (χ0n) is 11.3. The molecule has 0 bridgehead atoms. The molecule has 0 N–H and O–H groups in total. The Morgan fingerprint density at radius 2 is 1.17 bits per heavy atom. The van der Waals surface area contributed by atoms with E-state index in [1.807, 2.05) is 27.7 Å². The highest BCUT2D eigenvalue weighted by Gasteiger charge is 2.70. The number of carbonyl (C=O) groups is 2. The van der Waals surface area contributed by atoms with Gasteiger partial charge in [0.1, 0.15) is 6.10 Å². The lowest BCUT2D eigenvalue weighted by Crippen LogP contribution is -2.28. The van der Waals surface area contributed by atoms with Crippen molar-refractivity contribution in [1.29, 1.82) is 0 Å². The third-order valence-electron chi connectivity index (χ3n) is 4.69. The summed E-state index contributed by atoms with van der Waals surface area (Å²) in [4.78, 5) is 25.0. The fourth-order valence-corrected chi connectivity index (χ4v) is 3.08. The second-order valence-corrected chi connectivity index (χ2v) is 5.40. The number of epoxide rings is 1. The summed E-state index contributed by atoms with van der Waals surface area (Å²) >= 11 is 0. The molecule has 1 unspecified atom stereocenters. The highest BCUT2D eigenvalue weighted by molar-refractivity contribution is 6.35. The van der Waals surface area contributed by atoms with E-state index in [9.17, 15) is 9.59 Å². The van der Waals surface area contributed by atoms with Crippen molar-refractivity contribution in [1.82, 2.24) is 0 Å². The molecule has 1 spiro atoms. The number of benzene rings is 1. The van der Waals surface area contributed by atoms with Crippen molar-refractivity contribution in [3.8, 4) is 0 Å². The Balaban J connectivity index is 2.38. The van der Waals surface area contributed by atoms with E-state index < -0.39 is 5.60 Å². The number of carbonyl (C=O) groups excluding carboxylic acids is 2. The Bertz CT molecular complexity index is 578. The van der Waals surface area contributed by atoms with Crippen LogP contribution in [0.4, 0.5) is 0 Å². The van der Waals surface area contributed by atoms with E-state index in [0.29, 0.717) is 11.1 Å². The lowest BCUT2D eigenvalue weighted by atomic mass is 9.90. The molecule has 1 saturated heterocycles. The molecule has 0 saturated carbocycles. The molecule has 3 rings (SSSR count). The molecule has 1 aliphatic carbocycles. The summed E-state index contributed by atoms with van der Waals surface area (Å²) in [6, 6.07) is 0. The van der Waals surface area contributed by atoms with E-state index in [4.69, 9.17) is 4.74 Å². The molecule has 1 aromatic carbocycles. The van der Waals surface area contributed by atoms with Gasteiger partial charge in [0, 0.05) is 11.1 Å². The summed E-state index contributed by atoms with van der Waals surface area (Å²) in [7, 11) is 0. The molecule has 0 radical (unpaired) electrons. The van der Waals surface area contributed by atoms with E-state index in [1.165, 1.54) is 0 Å². The van der Waals surface area contributed by atoms with Gasteiger partial charge in [-0.1, -0.05) is 0 Å². The number of ether oxygens (including phenoxy) is 1. The first kappa shape index (κ1) is 11.6. The van der Waals surface area contributed by atoms with Crippen molar-refractivity contribution in [3.63, 3.8) is 0 Å². The number of Topliss-reactive ketones (excluding diaryl/α,β-unsaturated/α-hetero) is 2. The molecule has 2 aliphatic rings. The summed E-state index contributed by atoms with van der Waals surface area (Å²) in [6.45, 7) is 9.61. The van der Waals surface area contributed by atoms with Crippen LogP contribution in [0.1, 0.15) is 49.9 Å². The van der Waals surface area contributed by atoms with Gasteiger partial charge in [-0.25, -0.2) is 0 Å². The van der Waals surface area contributed by atoms with Crippen LogP contribution >= 0.6 is 0 Å². The van der Waals surface area contributed by atoms with Crippen molar-refractivity contribution in [2.24, 2.45) is 0 Å². The van der Waals surface area contributed by atoms with Gasteiger partial charge in [0.05, 0.1) is 0 Å². The quantitative estimate of drug-likeness (QED) is 0.520. The molecule has 18 heavy (non-hydrogen) atoms. The minimum absolute atomic E-state index is 0.140. The molecular weight excluding hydrogens is 228 g/mol. The minimum Gasteiger partial charge on any atom is -0.349 e. The average molecular weight is 244 g/mol. The third-order valence-corrected chi connectivity index (χ3v) is 4.69. The normalized spacial score (nSPS) is 23.7. The van der Waals surface area contributed by atoms with Gasteiger partial charge in [-0.05, 0) is 56.9 Å². The van der Waals surface area contributed by atoms with Gasteiger partial charge in [0.2, 0.25) is 17.2 Å². The Morgan fingerprint density at radius 1 is 0.833 bits per heavy atom. The van der Waals surface area contributed by atoms with Crippen molar-refractivity contribution in [3.05, 3.63) is 33.4 Å². The van der Waals surface area contributed by atoms with Crippen LogP contribution in [-0.2, 0) is 4.74 Å². The van der Waals surface area contributed by atoms with E-state index in [2.05, 4.69) is 0 Å². The van der Waals surface area contributed by atoms with Gasteiger partial charge in [-0.2, -0.15) is 0 Å². The van der Waals surface area contributed by atoms with Crippen molar-refractivity contribution in [2.45, 2.75) is 46.3 Å². The number of rotatable bonds is 0. The monoisotopic (exact) mass is 244 g/mol. The third kappa shape index (κ3) is 1.000. The zero-order chi connectivity index (χ0) is 13.4. The van der Waals surface area contributed by atoms with Gasteiger partial charge >= 0.3 is 0 Å². The second-order valence-electron chi connectivity index (χ2n) is 5.40. The van der Waals surface area contributed by atoms with Crippen molar-refractivity contribution >= 4 is 11.6 Å². The van der Waals surface area contributed by atoms with Crippen LogP contribution in [0.3, 0.4) is 0 Å². The number of ketones is 2. The minimum atomic E-state index is -1.18. The predicted octanol–water partition coefficient (Wildman–Crippen LogP) is 2.46. The zero-order valence-corrected chi connectivity index (χ0v) is 11.3. The maximum absolute atomic E-state index is 12.5. The van der Waals surface area contributed by atoms with Crippen LogP contribution in [0.2, 0.25) is 0 Å². The van der Waals surface area contributed by atoms with Crippen LogP contribution in [0.5, 0.6) is 0 Å². The molecule has 3 nitrogen and oxygen atoms in total. The maximum atomic E-state index is 12.5. The molecule has 3 heteroatoms. The smallest absolute Gasteiger partial charge is 0.220 e. The van der Waals surface area contributed by atoms with Gasteiger partial charge in [-0.15, -0.1) is 0 Å². The Hall–Kier alpha value is -1.48. The summed E-state index contributed by atoms with van der Waals surface area (Å²) in [5.41, 5.74) is 4.03. The molecular formula is C15H16O3. The van der Waals surface area contributed by atoms with Gasteiger partial charge in [0.25, 0.3) is 0 Å². The summed E-state index contributed by atoms with van der Waals surface area (Å²) in [6.07, 6.45) is -0.288. The van der Waals surface area contributed by atoms with E-state index in [1.54, 1.807) is 6.92 Å². The molecule has 0 amide bonds. The standard InChI is InChI=1S/C15H16O3/c1-6-7(2)9(4)12-11(8(6)3)13(16)15(14(12)17)10(5)18-15/h10H,1-5H3. The second kappa shape index (κ2) is 3.09. The van der Waals surface area contributed by atoms with Gasteiger partial charge < -0.3 is 4.74 Å². The Labute approximate surface area is 106 Å². The van der Waals surface area contributed by atoms with Crippen LogP contribution < -0.4 is 0 Å². The van der Waals surface area contributed by atoms with E-state index in [-0.39, 0.29) is 17.7 Å². The van der Waals surface area contributed by atoms with Crippen LogP contribution in [-0.4, -0.2) is 23.3 Å². The largest absolute Gasteiger partial charge is 0.349 e. The Kier molecular flexibility index (Phi) is 1.99. The first-order valence-corrected chi connectivity index (χ1v) is 6.21. The highest BCUT2D eigenvalue weighted by atomic mass is 16.6. The topological polar surface area (TPSA) is 46.7 Å². The van der Waals surface area contributed by atoms with E-state index >= 15 is 0 Å². The summed E-state index contributed by atoms with van der Waals surface area (Å²) in [5, 5.41) is 0. The predicted molar refractivity (Wildman–Crippen MR) is 67.3 cm³/mol. The van der Waals surface area contributed by atoms with Gasteiger partial charge in [0.15, 0.2) is 0 Å².